The van der Waals surface area contributed by atoms with Crippen molar-refractivity contribution < 1.29 is 23.8 Å². The summed E-state index contributed by atoms with van der Waals surface area (Å²) in [6.45, 7) is 6.67. The van der Waals surface area contributed by atoms with Gasteiger partial charge in [0.15, 0.2) is 0 Å². The van der Waals surface area contributed by atoms with E-state index in [1.54, 1.807) is 14.2 Å². The molecule has 1 aromatic carbocycles. The van der Waals surface area contributed by atoms with Crippen molar-refractivity contribution in [3.05, 3.63) is 23.8 Å². The smallest absolute Gasteiger partial charge is 0.350 e. The van der Waals surface area contributed by atoms with E-state index in [1.165, 1.54) is 0 Å². The van der Waals surface area contributed by atoms with E-state index in [1.807, 2.05) is 18.2 Å². The zero-order valence-electron chi connectivity index (χ0n) is 16.8. The minimum Gasteiger partial charge on any atom is -0.497 e. The fraction of sp³-hybridized carbons (Fsp3) is 0.619. The minimum absolute atomic E-state index is 0.0599. The second kappa shape index (κ2) is 7.79. The molecule has 0 spiro atoms. The molecule has 1 saturated carbocycles. The van der Waals surface area contributed by atoms with Crippen LogP contribution in [0.2, 0.25) is 0 Å². The van der Waals surface area contributed by atoms with E-state index in [0.717, 1.165) is 24.8 Å². The average Bonchev–Trinajstić information content (AvgIpc) is 3.09. The Hall–Kier alpha value is -2.24. The number of hydrogen-bond acceptors (Lipinski definition) is 6. The fourth-order valence-corrected chi connectivity index (χ4v) is 4.29. The standard InChI is InChI=1S/C21H29NO5/c1-13-8-15(12-21(2,3)11-13)26-20(23)19-10-17(22-27-19)16-9-14(24-4)6-7-18(16)25-5/h6-7,9,13,15,19H,8,10-12H2,1-5H3/t13-,15-,19?/m1/s1. The van der Waals surface area contributed by atoms with E-state index in [9.17, 15) is 4.79 Å². The summed E-state index contributed by atoms with van der Waals surface area (Å²) in [7, 11) is 3.20. The van der Waals surface area contributed by atoms with Gasteiger partial charge in [-0.25, -0.2) is 4.79 Å². The van der Waals surface area contributed by atoms with E-state index >= 15 is 0 Å². The second-order valence-electron chi connectivity index (χ2n) is 8.37. The molecule has 3 rings (SSSR count). The van der Waals surface area contributed by atoms with Crippen LogP contribution in [0.1, 0.15) is 52.0 Å². The summed E-state index contributed by atoms with van der Waals surface area (Å²) in [5, 5.41) is 4.11. The summed E-state index contributed by atoms with van der Waals surface area (Å²) in [4.78, 5) is 18.0. The van der Waals surface area contributed by atoms with Gasteiger partial charge in [-0.05, 0) is 48.8 Å². The Morgan fingerprint density at radius 1 is 1.22 bits per heavy atom. The van der Waals surface area contributed by atoms with E-state index < -0.39 is 6.10 Å². The van der Waals surface area contributed by atoms with Gasteiger partial charge in [-0.2, -0.15) is 0 Å². The van der Waals surface area contributed by atoms with Crippen molar-refractivity contribution >= 4 is 11.7 Å². The normalized spacial score (nSPS) is 26.7. The Morgan fingerprint density at radius 2 is 2.00 bits per heavy atom. The lowest BCUT2D eigenvalue weighted by Crippen LogP contribution is -2.36. The number of benzene rings is 1. The van der Waals surface area contributed by atoms with Crippen LogP contribution in [0, 0.1) is 11.3 Å². The number of oxime groups is 1. The number of ether oxygens (including phenoxy) is 3. The van der Waals surface area contributed by atoms with E-state index in [0.29, 0.717) is 29.5 Å². The van der Waals surface area contributed by atoms with Crippen LogP contribution >= 0.6 is 0 Å². The first kappa shape index (κ1) is 19.5. The number of rotatable bonds is 5. The highest BCUT2D eigenvalue weighted by atomic mass is 16.7. The number of carbonyl (C=O) groups excluding carboxylic acids is 1. The molecule has 2 aliphatic rings. The van der Waals surface area contributed by atoms with Crippen molar-refractivity contribution in [3.8, 4) is 11.5 Å². The van der Waals surface area contributed by atoms with E-state index in [2.05, 4.69) is 25.9 Å². The molecule has 1 aliphatic heterocycles. The molecule has 0 aromatic heterocycles. The van der Waals surface area contributed by atoms with Gasteiger partial charge in [0.1, 0.15) is 17.6 Å². The van der Waals surface area contributed by atoms with Crippen molar-refractivity contribution in [1.29, 1.82) is 0 Å². The van der Waals surface area contributed by atoms with Crippen LogP contribution in [-0.2, 0) is 14.4 Å². The predicted molar refractivity (Wildman–Crippen MR) is 102 cm³/mol. The van der Waals surface area contributed by atoms with Crippen LogP contribution in [0.3, 0.4) is 0 Å². The predicted octanol–water partition coefficient (Wildman–Crippen LogP) is 3.95. The van der Waals surface area contributed by atoms with Gasteiger partial charge in [0.2, 0.25) is 6.10 Å². The fourth-order valence-electron chi connectivity index (χ4n) is 4.29. The first-order valence-electron chi connectivity index (χ1n) is 9.47. The zero-order valence-corrected chi connectivity index (χ0v) is 16.8. The summed E-state index contributed by atoms with van der Waals surface area (Å²) >= 11 is 0. The van der Waals surface area contributed by atoms with Gasteiger partial charge in [0.05, 0.1) is 19.9 Å². The van der Waals surface area contributed by atoms with Gasteiger partial charge in [0, 0.05) is 12.0 Å². The Morgan fingerprint density at radius 3 is 2.67 bits per heavy atom. The molecule has 1 heterocycles. The highest BCUT2D eigenvalue weighted by molar-refractivity contribution is 6.05. The SMILES string of the molecule is COc1ccc(OC)c(C2=NOC(C(=O)O[C@@H]3C[C@@H](C)CC(C)(C)C3)C2)c1. The van der Waals surface area contributed by atoms with Crippen LogP contribution < -0.4 is 9.47 Å². The summed E-state index contributed by atoms with van der Waals surface area (Å²) in [6, 6.07) is 5.46. The summed E-state index contributed by atoms with van der Waals surface area (Å²) < 4.78 is 16.5. The molecule has 1 aromatic rings. The quantitative estimate of drug-likeness (QED) is 0.729. The first-order valence-corrected chi connectivity index (χ1v) is 9.47. The average molecular weight is 375 g/mol. The lowest BCUT2D eigenvalue weighted by molar-refractivity contribution is -0.165. The van der Waals surface area contributed by atoms with Gasteiger partial charge in [-0.1, -0.05) is 25.9 Å². The van der Waals surface area contributed by atoms with Crippen molar-refractivity contribution in [1.82, 2.24) is 0 Å². The van der Waals surface area contributed by atoms with Crippen molar-refractivity contribution in [3.63, 3.8) is 0 Å². The molecule has 3 atom stereocenters. The van der Waals surface area contributed by atoms with Crippen LogP contribution in [0.25, 0.3) is 0 Å². The summed E-state index contributed by atoms with van der Waals surface area (Å²) in [5.41, 5.74) is 1.61. The molecule has 148 valence electrons. The summed E-state index contributed by atoms with van der Waals surface area (Å²) in [6.07, 6.45) is 2.52. The molecule has 6 nitrogen and oxygen atoms in total. The van der Waals surface area contributed by atoms with Gasteiger partial charge in [-0.3, -0.25) is 0 Å². The Labute approximate surface area is 160 Å². The van der Waals surface area contributed by atoms with Crippen molar-refractivity contribution in [2.24, 2.45) is 16.5 Å². The maximum absolute atomic E-state index is 12.6. The minimum atomic E-state index is -0.712. The molecule has 0 N–H and O–H groups in total. The lowest BCUT2D eigenvalue weighted by Gasteiger charge is -2.38. The third-order valence-electron chi connectivity index (χ3n) is 5.28. The van der Waals surface area contributed by atoms with E-state index in [4.69, 9.17) is 19.0 Å². The number of carbonyl (C=O) groups is 1. The van der Waals surface area contributed by atoms with Gasteiger partial charge < -0.3 is 19.0 Å². The third kappa shape index (κ3) is 4.54. The molecule has 0 saturated heterocycles. The number of methoxy groups -OCH3 is 2. The van der Waals surface area contributed by atoms with Gasteiger partial charge in [0.25, 0.3) is 0 Å². The monoisotopic (exact) mass is 375 g/mol. The summed E-state index contributed by atoms with van der Waals surface area (Å²) in [5.74, 6) is 1.56. The molecular formula is C21H29NO5. The van der Waals surface area contributed by atoms with Crippen LogP contribution in [-0.4, -0.2) is 38.1 Å². The zero-order chi connectivity index (χ0) is 19.6. The molecule has 1 aliphatic carbocycles. The lowest BCUT2D eigenvalue weighted by atomic mass is 9.71. The maximum Gasteiger partial charge on any atom is 0.350 e. The topological polar surface area (TPSA) is 66.3 Å². The molecule has 1 unspecified atom stereocenters. The number of nitrogens with zero attached hydrogens (tertiary/aromatic N) is 1. The highest BCUT2D eigenvalue weighted by Gasteiger charge is 2.37. The molecule has 0 radical (unpaired) electrons. The highest BCUT2D eigenvalue weighted by Crippen LogP contribution is 2.40. The van der Waals surface area contributed by atoms with Crippen LogP contribution in [0.4, 0.5) is 0 Å². The van der Waals surface area contributed by atoms with Gasteiger partial charge >= 0.3 is 5.97 Å². The maximum atomic E-state index is 12.6. The molecule has 0 bridgehead atoms. The van der Waals surface area contributed by atoms with Gasteiger partial charge in [-0.15, -0.1) is 0 Å². The number of esters is 1. The van der Waals surface area contributed by atoms with Crippen molar-refractivity contribution in [2.75, 3.05) is 14.2 Å². The van der Waals surface area contributed by atoms with Crippen LogP contribution in [0.5, 0.6) is 11.5 Å². The Bertz CT molecular complexity index is 727. The third-order valence-corrected chi connectivity index (χ3v) is 5.28. The number of hydrogen-bond donors (Lipinski definition) is 0. The van der Waals surface area contributed by atoms with Crippen molar-refractivity contribution in [2.45, 2.75) is 58.7 Å². The van der Waals surface area contributed by atoms with E-state index in [-0.39, 0.29) is 17.5 Å². The molecule has 6 heteroatoms. The molecule has 1 fully saturated rings. The largest absolute Gasteiger partial charge is 0.497 e. The second-order valence-corrected chi connectivity index (χ2v) is 8.37. The molecule has 0 amide bonds. The first-order chi connectivity index (χ1) is 12.8. The molecular weight excluding hydrogens is 346 g/mol. The Balaban J connectivity index is 1.64. The van der Waals surface area contributed by atoms with Crippen LogP contribution in [0.15, 0.2) is 23.4 Å². The molecule has 27 heavy (non-hydrogen) atoms. The Kier molecular flexibility index (Phi) is 5.63.